The standard InChI is InChI=1S/C58H54N2O8/c1-3-32-14-20-36(21-15-32)59-54(61)40-28-50-52(30-42(40)56(59)63)67-48-26-34(18-24-46(48)65-50)58(44-12-7-5-6-10-38(44)39-11-8-9-13-45(39)58)35-19-25-47-49(27-35)68-53-31-43-41(29-51(53)66-47)55(62)60(57(43)64)37-22-16-33(4-2)17-23-37/h1-2,5-9,11-17,20-23,34-35,40-43,46-53H,10,18-19,24-31H2. The summed E-state index contributed by atoms with van der Waals surface area (Å²) in [5.74, 6) is 3.21. The molecule has 14 atom stereocenters. The van der Waals surface area contributed by atoms with Crippen LogP contribution in [0, 0.1) is 60.2 Å². The van der Waals surface area contributed by atoms with E-state index in [9.17, 15) is 19.2 Å². The van der Waals surface area contributed by atoms with Gasteiger partial charge in [-0.3, -0.25) is 29.0 Å². The van der Waals surface area contributed by atoms with Crippen molar-refractivity contribution in [1.82, 2.24) is 0 Å². The van der Waals surface area contributed by atoms with E-state index in [1.807, 2.05) is 0 Å². The van der Waals surface area contributed by atoms with Gasteiger partial charge in [0.15, 0.2) is 0 Å². The first kappa shape index (κ1) is 42.2. The minimum atomic E-state index is -0.458. The summed E-state index contributed by atoms with van der Waals surface area (Å²) in [5.41, 5.74) is 7.67. The molecule has 6 aliphatic carbocycles. The molecule has 10 heteroatoms. The summed E-state index contributed by atoms with van der Waals surface area (Å²) in [5, 5.41) is 0. The van der Waals surface area contributed by atoms with Crippen LogP contribution in [0.4, 0.5) is 11.4 Å². The number of amides is 4. The maximum absolute atomic E-state index is 14.0. The molecule has 3 aromatic carbocycles. The van der Waals surface area contributed by atoms with Crippen LogP contribution >= 0.6 is 0 Å². The number of ether oxygens (including phenoxy) is 4. The van der Waals surface area contributed by atoms with Gasteiger partial charge in [-0.25, -0.2) is 0 Å². The Morgan fingerprint density at radius 2 is 0.926 bits per heavy atom. The number of anilines is 2. The third-order valence-corrected chi connectivity index (χ3v) is 17.9. The van der Waals surface area contributed by atoms with Crippen LogP contribution in [0.1, 0.15) is 92.9 Å². The van der Waals surface area contributed by atoms with Crippen molar-refractivity contribution in [3.63, 3.8) is 0 Å². The zero-order chi connectivity index (χ0) is 46.0. The van der Waals surface area contributed by atoms with E-state index in [4.69, 9.17) is 31.8 Å². The lowest BCUT2D eigenvalue weighted by molar-refractivity contribution is -0.259. The molecule has 10 nitrogen and oxygen atoms in total. The summed E-state index contributed by atoms with van der Waals surface area (Å²) in [6, 6.07) is 23.1. The zero-order valence-corrected chi connectivity index (χ0v) is 37.9. The molecule has 4 saturated heterocycles. The average molecular weight is 907 g/mol. The number of carbonyl (C=O) groups is 4. The van der Waals surface area contributed by atoms with Crippen LogP contribution in [0.3, 0.4) is 0 Å². The SMILES string of the molecule is C#Cc1ccc(N2C(=O)C3CC4OC5CCC(C6(C7CCC8OC9CC%10C(=O)N(c%11ccc(C#C)cc%11)C(=O)C%10CC9OC8C7)C7=C(CC=CC=C7)c7ccccc76)CC5OC4CC3C2=O)cc1. The lowest BCUT2D eigenvalue weighted by atomic mass is 9.53. The lowest BCUT2D eigenvalue weighted by Crippen LogP contribution is -2.59. The quantitative estimate of drug-likeness (QED) is 0.191. The predicted molar refractivity (Wildman–Crippen MR) is 253 cm³/mol. The fourth-order valence-corrected chi connectivity index (χ4v) is 15.0. The summed E-state index contributed by atoms with van der Waals surface area (Å²) in [7, 11) is 0. The number of carbonyl (C=O) groups excluding carboxylic acids is 4. The van der Waals surface area contributed by atoms with Crippen molar-refractivity contribution in [1.29, 1.82) is 0 Å². The molecule has 4 amide bonds. The monoisotopic (exact) mass is 906 g/mol. The first-order valence-corrected chi connectivity index (χ1v) is 24.9. The normalized spacial score (nSPS) is 38.8. The molecular formula is C58H54N2O8. The Kier molecular flexibility index (Phi) is 10.0. The Balaban J connectivity index is 0.773. The summed E-state index contributed by atoms with van der Waals surface area (Å²) in [6.45, 7) is 0. The molecule has 14 unspecified atom stereocenters. The van der Waals surface area contributed by atoms with Gasteiger partial charge < -0.3 is 18.9 Å². The molecule has 344 valence electrons. The van der Waals surface area contributed by atoms with Gasteiger partial charge in [-0.05, 0) is 153 Å². The Morgan fingerprint density at radius 3 is 1.38 bits per heavy atom. The average Bonchev–Trinajstić information content (AvgIpc) is 3.76. The minimum absolute atomic E-state index is 0.0987. The van der Waals surface area contributed by atoms with Gasteiger partial charge in [0.1, 0.15) is 0 Å². The number of hydrogen-bond donors (Lipinski definition) is 0. The molecule has 4 aliphatic heterocycles. The highest BCUT2D eigenvalue weighted by Crippen LogP contribution is 2.63. The highest BCUT2D eigenvalue weighted by molar-refractivity contribution is 6.23. The summed E-state index contributed by atoms with van der Waals surface area (Å²) < 4.78 is 28.4. The number of allylic oxidation sites excluding steroid dienone is 6. The second-order valence-corrected chi connectivity index (χ2v) is 20.9. The molecule has 0 aromatic heterocycles. The number of nitrogens with zero attached hydrogens (tertiary/aromatic N) is 2. The van der Waals surface area contributed by atoms with Crippen molar-refractivity contribution < 1.29 is 38.1 Å². The van der Waals surface area contributed by atoms with Gasteiger partial charge in [0.05, 0.1) is 83.9 Å². The van der Waals surface area contributed by atoms with E-state index in [0.717, 1.165) is 44.9 Å². The molecule has 0 bridgehead atoms. The molecule has 3 aromatic rings. The van der Waals surface area contributed by atoms with Gasteiger partial charge in [0.2, 0.25) is 23.6 Å². The van der Waals surface area contributed by atoms with Crippen molar-refractivity contribution in [2.24, 2.45) is 35.5 Å². The van der Waals surface area contributed by atoms with Crippen LogP contribution in [-0.4, -0.2) is 72.5 Å². The number of fused-ring (bicyclic) bond motifs is 8. The number of hydrogen-bond acceptors (Lipinski definition) is 8. The van der Waals surface area contributed by atoms with E-state index >= 15 is 0 Å². The summed E-state index contributed by atoms with van der Waals surface area (Å²) in [4.78, 5) is 58.5. The van der Waals surface area contributed by atoms with Gasteiger partial charge in [0, 0.05) is 16.5 Å². The molecule has 68 heavy (non-hydrogen) atoms. The number of imide groups is 2. The van der Waals surface area contributed by atoms with Crippen LogP contribution in [0.5, 0.6) is 0 Å². The first-order valence-electron chi connectivity index (χ1n) is 24.9. The van der Waals surface area contributed by atoms with Gasteiger partial charge in [0.25, 0.3) is 0 Å². The van der Waals surface area contributed by atoms with E-state index < -0.39 is 23.7 Å². The zero-order valence-electron chi connectivity index (χ0n) is 37.9. The molecule has 4 heterocycles. The lowest BCUT2D eigenvalue weighted by Gasteiger charge is -2.56. The first-order chi connectivity index (χ1) is 33.2. The highest BCUT2D eigenvalue weighted by Gasteiger charge is 2.62. The maximum atomic E-state index is 14.0. The smallest absolute Gasteiger partial charge is 0.237 e. The van der Waals surface area contributed by atoms with Gasteiger partial charge in [-0.1, -0.05) is 60.4 Å². The Bertz CT molecular complexity index is 2670. The van der Waals surface area contributed by atoms with Crippen molar-refractivity contribution >= 4 is 40.6 Å². The summed E-state index contributed by atoms with van der Waals surface area (Å²) >= 11 is 0. The molecule has 0 radical (unpaired) electrons. The number of terminal acetylenes is 2. The van der Waals surface area contributed by atoms with Crippen molar-refractivity contribution in [3.05, 3.63) is 125 Å². The van der Waals surface area contributed by atoms with Gasteiger partial charge in [-0.2, -0.15) is 0 Å². The second-order valence-electron chi connectivity index (χ2n) is 20.9. The van der Waals surface area contributed by atoms with Crippen LogP contribution in [0.2, 0.25) is 0 Å². The van der Waals surface area contributed by atoms with Gasteiger partial charge >= 0.3 is 0 Å². The van der Waals surface area contributed by atoms with Crippen LogP contribution in [0.15, 0.2) is 103 Å². The predicted octanol–water partition coefficient (Wildman–Crippen LogP) is 8.01. The van der Waals surface area contributed by atoms with E-state index in [1.54, 1.807) is 48.5 Å². The molecular weight excluding hydrogens is 853 g/mol. The highest BCUT2D eigenvalue weighted by atomic mass is 16.6. The van der Waals surface area contributed by atoms with E-state index in [0.29, 0.717) is 48.2 Å². The Morgan fingerprint density at radius 1 is 0.500 bits per heavy atom. The number of benzene rings is 3. The third kappa shape index (κ3) is 6.27. The molecule has 0 N–H and O–H groups in total. The van der Waals surface area contributed by atoms with Crippen molar-refractivity contribution in [2.45, 2.75) is 125 Å². The Hall–Kier alpha value is -5.88. The number of rotatable bonds is 4. The fraction of sp³-hybridized carbons (Fsp3) is 0.448. The van der Waals surface area contributed by atoms with Crippen molar-refractivity contribution in [2.75, 3.05) is 9.80 Å². The third-order valence-electron chi connectivity index (χ3n) is 17.9. The van der Waals surface area contributed by atoms with Crippen LogP contribution < -0.4 is 9.80 Å². The Labute approximate surface area is 397 Å². The maximum Gasteiger partial charge on any atom is 0.237 e. The van der Waals surface area contributed by atoms with E-state index in [1.165, 1.54) is 32.1 Å². The van der Waals surface area contributed by atoms with Crippen molar-refractivity contribution in [3.8, 4) is 24.7 Å². The summed E-state index contributed by atoms with van der Waals surface area (Å²) in [6.07, 6.45) is 26.5. The van der Waals surface area contributed by atoms with E-state index in [-0.39, 0.29) is 89.7 Å². The second kappa shape index (κ2) is 16.1. The fourth-order valence-electron chi connectivity index (χ4n) is 15.0. The molecule has 8 fully saturated rings. The minimum Gasteiger partial charge on any atom is -0.370 e. The molecule has 13 rings (SSSR count). The van der Waals surface area contributed by atoms with Gasteiger partial charge in [-0.15, -0.1) is 12.8 Å². The topological polar surface area (TPSA) is 112 Å². The van der Waals surface area contributed by atoms with Crippen LogP contribution in [0.25, 0.3) is 5.57 Å². The van der Waals surface area contributed by atoms with E-state index in [2.05, 4.69) is 60.4 Å². The largest absolute Gasteiger partial charge is 0.370 e. The van der Waals surface area contributed by atoms with Crippen LogP contribution in [-0.2, 0) is 43.5 Å². The molecule has 10 aliphatic rings. The molecule has 0 spiro atoms. The molecule has 4 saturated carbocycles.